The van der Waals surface area contributed by atoms with Crippen molar-refractivity contribution in [2.45, 2.75) is 47.1 Å². The Labute approximate surface area is 70.1 Å². The van der Waals surface area contributed by atoms with E-state index in [0.29, 0.717) is 16.9 Å². The van der Waals surface area contributed by atoms with Crippen molar-refractivity contribution in [3.63, 3.8) is 0 Å². The molecule has 1 aliphatic heterocycles. The SMILES string of the molecule is CC1OCCC(C)(C)C1(C)C. The summed E-state index contributed by atoms with van der Waals surface area (Å²) in [6.45, 7) is 12.4. The van der Waals surface area contributed by atoms with Crippen molar-refractivity contribution in [1.29, 1.82) is 0 Å². The molecule has 1 atom stereocenters. The van der Waals surface area contributed by atoms with Crippen molar-refractivity contribution in [3.05, 3.63) is 0 Å². The Bertz CT molecular complexity index is 147. The fourth-order valence-corrected chi connectivity index (χ4v) is 1.57. The van der Waals surface area contributed by atoms with Crippen molar-refractivity contribution in [3.8, 4) is 0 Å². The highest BCUT2D eigenvalue weighted by Gasteiger charge is 2.44. The predicted molar refractivity (Wildman–Crippen MR) is 47.6 cm³/mol. The second-order valence-electron chi connectivity index (χ2n) is 4.87. The molecule has 1 saturated heterocycles. The molecular formula is C10H20O. The van der Waals surface area contributed by atoms with E-state index in [1.54, 1.807) is 0 Å². The molecule has 1 rings (SSSR count). The molecular weight excluding hydrogens is 136 g/mol. The lowest BCUT2D eigenvalue weighted by Gasteiger charge is -2.49. The molecule has 0 saturated carbocycles. The van der Waals surface area contributed by atoms with E-state index in [1.165, 1.54) is 6.42 Å². The monoisotopic (exact) mass is 156 g/mol. The Hall–Kier alpha value is -0.0400. The first-order valence-electron chi connectivity index (χ1n) is 4.49. The molecule has 1 heteroatoms. The van der Waals surface area contributed by atoms with Gasteiger partial charge in [-0.3, -0.25) is 0 Å². The maximum atomic E-state index is 5.63. The van der Waals surface area contributed by atoms with Crippen LogP contribution in [0.1, 0.15) is 41.0 Å². The minimum Gasteiger partial charge on any atom is -0.378 e. The van der Waals surface area contributed by atoms with Crippen LogP contribution in [0.4, 0.5) is 0 Å². The first kappa shape index (κ1) is 9.05. The molecule has 0 aromatic heterocycles. The van der Waals surface area contributed by atoms with Gasteiger partial charge in [0.1, 0.15) is 0 Å². The molecule has 0 spiro atoms. The van der Waals surface area contributed by atoms with Crippen LogP contribution in [0.3, 0.4) is 0 Å². The molecule has 0 bridgehead atoms. The highest BCUT2D eigenvalue weighted by Crippen LogP contribution is 2.47. The first-order valence-corrected chi connectivity index (χ1v) is 4.49. The topological polar surface area (TPSA) is 9.23 Å². The quantitative estimate of drug-likeness (QED) is 0.524. The Morgan fingerprint density at radius 1 is 1.18 bits per heavy atom. The summed E-state index contributed by atoms with van der Waals surface area (Å²) in [5.74, 6) is 0. The van der Waals surface area contributed by atoms with E-state index in [0.717, 1.165) is 6.61 Å². The number of rotatable bonds is 0. The summed E-state index contributed by atoms with van der Waals surface area (Å²) in [7, 11) is 0. The van der Waals surface area contributed by atoms with Gasteiger partial charge in [-0.15, -0.1) is 0 Å². The van der Waals surface area contributed by atoms with E-state index in [9.17, 15) is 0 Å². The normalized spacial score (nSPS) is 35.2. The van der Waals surface area contributed by atoms with Gasteiger partial charge >= 0.3 is 0 Å². The summed E-state index contributed by atoms with van der Waals surface area (Å²) >= 11 is 0. The summed E-state index contributed by atoms with van der Waals surface area (Å²) in [6, 6.07) is 0. The highest BCUT2D eigenvalue weighted by atomic mass is 16.5. The lowest BCUT2D eigenvalue weighted by molar-refractivity contribution is -0.129. The fourth-order valence-electron chi connectivity index (χ4n) is 1.57. The zero-order valence-corrected chi connectivity index (χ0v) is 8.40. The van der Waals surface area contributed by atoms with Gasteiger partial charge in [-0.05, 0) is 24.2 Å². The molecule has 0 aromatic rings. The lowest BCUT2D eigenvalue weighted by atomic mass is 9.62. The standard InChI is InChI=1S/C10H20O/c1-8-10(4,5)9(2,3)6-7-11-8/h8H,6-7H2,1-5H3. The van der Waals surface area contributed by atoms with Gasteiger partial charge in [0, 0.05) is 6.61 Å². The first-order chi connectivity index (χ1) is 4.88. The maximum Gasteiger partial charge on any atom is 0.0603 e. The van der Waals surface area contributed by atoms with E-state index >= 15 is 0 Å². The molecule has 0 N–H and O–H groups in total. The third-order valence-corrected chi connectivity index (χ3v) is 3.86. The van der Waals surface area contributed by atoms with Gasteiger partial charge in [-0.25, -0.2) is 0 Å². The number of ether oxygens (including phenoxy) is 1. The number of hydrogen-bond acceptors (Lipinski definition) is 1. The van der Waals surface area contributed by atoms with Crippen LogP contribution >= 0.6 is 0 Å². The van der Waals surface area contributed by atoms with Crippen molar-refractivity contribution in [2.75, 3.05) is 6.61 Å². The van der Waals surface area contributed by atoms with Crippen LogP contribution in [-0.2, 0) is 4.74 Å². The molecule has 1 nitrogen and oxygen atoms in total. The summed E-state index contributed by atoms with van der Waals surface area (Å²) in [5, 5.41) is 0. The molecule has 1 fully saturated rings. The second kappa shape index (κ2) is 2.48. The van der Waals surface area contributed by atoms with Gasteiger partial charge in [-0.1, -0.05) is 27.7 Å². The largest absolute Gasteiger partial charge is 0.378 e. The van der Waals surface area contributed by atoms with Crippen LogP contribution in [0.15, 0.2) is 0 Å². The smallest absolute Gasteiger partial charge is 0.0603 e. The minimum absolute atomic E-state index is 0.311. The fraction of sp³-hybridized carbons (Fsp3) is 1.00. The molecule has 11 heavy (non-hydrogen) atoms. The van der Waals surface area contributed by atoms with Gasteiger partial charge < -0.3 is 4.74 Å². The van der Waals surface area contributed by atoms with Crippen LogP contribution in [-0.4, -0.2) is 12.7 Å². The minimum atomic E-state index is 0.311. The van der Waals surface area contributed by atoms with E-state index < -0.39 is 0 Å². The van der Waals surface area contributed by atoms with Crippen LogP contribution in [0, 0.1) is 10.8 Å². The lowest BCUT2D eigenvalue weighted by Crippen LogP contribution is -2.47. The molecule has 1 heterocycles. The van der Waals surface area contributed by atoms with Crippen LogP contribution < -0.4 is 0 Å². The maximum absolute atomic E-state index is 5.63. The van der Waals surface area contributed by atoms with Gasteiger partial charge in [0.25, 0.3) is 0 Å². The zero-order chi connectivity index (χ0) is 8.70. The second-order valence-corrected chi connectivity index (χ2v) is 4.87. The summed E-state index contributed by atoms with van der Waals surface area (Å²) in [5.41, 5.74) is 0.732. The Kier molecular flexibility index (Phi) is 2.04. The molecule has 66 valence electrons. The average Bonchev–Trinajstić information content (AvgIpc) is 1.84. The van der Waals surface area contributed by atoms with Crippen molar-refractivity contribution in [1.82, 2.24) is 0 Å². The van der Waals surface area contributed by atoms with Gasteiger partial charge in [-0.2, -0.15) is 0 Å². The predicted octanol–water partition coefficient (Wildman–Crippen LogP) is 2.85. The highest BCUT2D eigenvalue weighted by molar-refractivity contribution is 4.93. The van der Waals surface area contributed by atoms with E-state index in [4.69, 9.17) is 4.74 Å². The summed E-state index contributed by atoms with van der Waals surface area (Å²) in [4.78, 5) is 0. The zero-order valence-electron chi connectivity index (χ0n) is 8.40. The molecule has 1 unspecified atom stereocenters. The third-order valence-electron chi connectivity index (χ3n) is 3.86. The Morgan fingerprint density at radius 3 is 2.09 bits per heavy atom. The van der Waals surface area contributed by atoms with Crippen molar-refractivity contribution < 1.29 is 4.74 Å². The molecule has 1 aliphatic rings. The summed E-state index contributed by atoms with van der Waals surface area (Å²) < 4.78 is 5.63. The van der Waals surface area contributed by atoms with Gasteiger partial charge in [0.05, 0.1) is 6.10 Å². The van der Waals surface area contributed by atoms with E-state index in [2.05, 4.69) is 34.6 Å². The molecule has 0 aromatic carbocycles. The summed E-state index contributed by atoms with van der Waals surface area (Å²) in [6.07, 6.45) is 1.58. The Balaban J connectivity index is 2.82. The van der Waals surface area contributed by atoms with E-state index in [-0.39, 0.29) is 0 Å². The van der Waals surface area contributed by atoms with Gasteiger partial charge in [0.15, 0.2) is 0 Å². The number of hydrogen-bond donors (Lipinski definition) is 0. The van der Waals surface area contributed by atoms with Crippen molar-refractivity contribution >= 4 is 0 Å². The molecule has 0 radical (unpaired) electrons. The molecule has 0 aliphatic carbocycles. The third kappa shape index (κ3) is 1.31. The van der Waals surface area contributed by atoms with E-state index in [1.807, 2.05) is 0 Å². The van der Waals surface area contributed by atoms with Crippen molar-refractivity contribution in [2.24, 2.45) is 10.8 Å². The van der Waals surface area contributed by atoms with Crippen LogP contribution in [0.25, 0.3) is 0 Å². The average molecular weight is 156 g/mol. The van der Waals surface area contributed by atoms with Gasteiger partial charge in [0.2, 0.25) is 0 Å². The van der Waals surface area contributed by atoms with Crippen LogP contribution in [0.2, 0.25) is 0 Å². The van der Waals surface area contributed by atoms with Crippen LogP contribution in [0.5, 0.6) is 0 Å². The Morgan fingerprint density at radius 2 is 1.73 bits per heavy atom. The molecule has 0 amide bonds.